The summed E-state index contributed by atoms with van der Waals surface area (Å²) >= 11 is 0. The average Bonchev–Trinajstić information content (AvgIpc) is 2.62. The van der Waals surface area contributed by atoms with Gasteiger partial charge in [-0.25, -0.2) is 4.79 Å². The zero-order valence-corrected chi connectivity index (χ0v) is 15.9. The highest BCUT2D eigenvalue weighted by atomic mass is 16.4. The van der Waals surface area contributed by atoms with E-state index in [-0.39, 0.29) is 17.9 Å². The van der Waals surface area contributed by atoms with Crippen molar-refractivity contribution in [3.05, 3.63) is 52.7 Å². The summed E-state index contributed by atoms with van der Waals surface area (Å²) in [6.07, 6.45) is 0. The number of amides is 1. The molecular formula is C20H24N2O5. The minimum atomic E-state index is -0.968. The Hall–Kier alpha value is -3.22. The van der Waals surface area contributed by atoms with Crippen LogP contribution in [-0.2, 0) is 4.79 Å². The molecule has 2 N–H and O–H groups in total. The maximum Gasteiger partial charge on any atom is 0.337 e. The Kier molecular flexibility index (Phi) is 8.13. The molecule has 0 aliphatic heterocycles. The van der Waals surface area contributed by atoms with Crippen LogP contribution in [0.5, 0.6) is 0 Å². The fraction of sp³-hybridized carbons (Fsp3) is 0.300. The van der Waals surface area contributed by atoms with Gasteiger partial charge in [0.25, 0.3) is 12.4 Å². The molecule has 0 atom stereocenters. The number of pyridine rings is 1. The van der Waals surface area contributed by atoms with Gasteiger partial charge in [-0.1, -0.05) is 12.1 Å². The molecule has 0 aliphatic carbocycles. The third-order valence-electron chi connectivity index (χ3n) is 4.09. The highest BCUT2D eigenvalue weighted by molar-refractivity contribution is 5.95. The minimum Gasteiger partial charge on any atom is -0.483 e. The fourth-order valence-corrected chi connectivity index (χ4v) is 2.78. The number of carboxylic acids is 1. The van der Waals surface area contributed by atoms with E-state index in [9.17, 15) is 14.7 Å². The Labute approximate surface area is 158 Å². The van der Waals surface area contributed by atoms with E-state index in [0.29, 0.717) is 35.6 Å². The Morgan fingerprint density at radius 1 is 1.11 bits per heavy atom. The van der Waals surface area contributed by atoms with Crippen molar-refractivity contribution < 1.29 is 24.6 Å². The summed E-state index contributed by atoms with van der Waals surface area (Å²) < 4.78 is 0. The maximum absolute atomic E-state index is 12.3. The Morgan fingerprint density at radius 2 is 1.63 bits per heavy atom. The van der Waals surface area contributed by atoms with Crippen LogP contribution in [0.25, 0.3) is 11.3 Å². The van der Waals surface area contributed by atoms with Crippen LogP contribution < -0.4 is 0 Å². The number of hydrogen-bond acceptors (Lipinski definition) is 4. The first-order valence-corrected chi connectivity index (χ1v) is 8.49. The quantitative estimate of drug-likeness (QED) is 0.780. The van der Waals surface area contributed by atoms with Gasteiger partial charge in [0.2, 0.25) is 0 Å². The van der Waals surface area contributed by atoms with E-state index in [1.165, 1.54) is 0 Å². The van der Waals surface area contributed by atoms with Crippen LogP contribution in [-0.4, -0.2) is 51.5 Å². The van der Waals surface area contributed by atoms with E-state index >= 15 is 0 Å². The molecule has 0 unspecified atom stereocenters. The number of hydrogen-bond donors (Lipinski definition) is 2. The van der Waals surface area contributed by atoms with Crippen LogP contribution in [0.15, 0.2) is 30.3 Å². The highest BCUT2D eigenvalue weighted by Crippen LogP contribution is 2.23. The van der Waals surface area contributed by atoms with Crippen molar-refractivity contribution in [1.29, 1.82) is 0 Å². The van der Waals surface area contributed by atoms with E-state index in [2.05, 4.69) is 4.98 Å². The van der Waals surface area contributed by atoms with Gasteiger partial charge >= 0.3 is 5.97 Å². The van der Waals surface area contributed by atoms with Crippen molar-refractivity contribution in [2.24, 2.45) is 0 Å². The molecule has 0 aliphatic rings. The number of carbonyl (C=O) groups is 3. The molecule has 7 heteroatoms. The lowest BCUT2D eigenvalue weighted by Gasteiger charge is -2.18. The Bertz CT molecular complexity index is 789. The number of nitrogens with zero attached hydrogens (tertiary/aromatic N) is 2. The Morgan fingerprint density at radius 3 is 2.04 bits per heavy atom. The van der Waals surface area contributed by atoms with Gasteiger partial charge in [-0.2, -0.15) is 0 Å². The van der Waals surface area contributed by atoms with E-state index in [0.717, 1.165) is 5.56 Å². The molecule has 0 fully saturated rings. The zero-order chi connectivity index (χ0) is 20.6. The molecule has 7 nitrogen and oxygen atoms in total. The van der Waals surface area contributed by atoms with Gasteiger partial charge < -0.3 is 15.1 Å². The number of aromatic nitrogens is 1. The molecular weight excluding hydrogens is 348 g/mol. The van der Waals surface area contributed by atoms with E-state index in [1.54, 1.807) is 36.9 Å². The predicted molar refractivity (Wildman–Crippen MR) is 102 cm³/mol. The van der Waals surface area contributed by atoms with Crippen LogP contribution in [0, 0.1) is 13.8 Å². The van der Waals surface area contributed by atoms with Crippen molar-refractivity contribution in [2.45, 2.75) is 27.7 Å². The van der Waals surface area contributed by atoms with Gasteiger partial charge in [-0.15, -0.1) is 0 Å². The average molecular weight is 372 g/mol. The molecule has 2 aromatic rings. The first-order chi connectivity index (χ1) is 12.8. The summed E-state index contributed by atoms with van der Waals surface area (Å²) in [6.45, 7) is 8.46. The standard InChI is InChI=1S/C19H22N2O3.CH2O2/c1-5-21(6-2)18(22)15-9-7-14(8-10-15)16-11-12(3)17(19(23)24)13(4)20-16;2-1-3/h7-11H,5-6H2,1-4H3,(H,23,24);1H,(H,2,3). The topological polar surface area (TPSA) is 108 Å². The first kappa shape index (κ1) is 21.8. The smallest absolute Gasteiger partial charge is 0.337 e. The van der Waals surface area contributed by atoms with Crippen LogP contribution in [0.1, 0.15) is 45.8 Å². The van der Waals surface area contributed by atoms with Crippen LogP contribution >= 0.6 is 0 Å². The van der Waals surface area contributed by atoms with Crippen LogP contribution in [0.2, 0.25) is 0 Å². The van der Waals surface area contributed by atoms with Gasteiger partial charge in [0.05, 0.1) is 17.0 Å². The van der Waals surface area contributed by atoms with Gasteiger partial charge in [-0.05, 0) is 51.5 Å². The van der Waals surface area contributed by atoms with Gasteiger partial charge in [-0.3, -0.25) is 14.6 Å². The molecule has 27 heavy (non-hydrogen) atoms. The summed E-state index contributed by atoms with van der Waals surface area (Å²) in [4.78, 5) is 38.1. The van der Waals surface area contributed by atoms with Gasteiger partial charge in [0.1, 0.15) is 0 Å². The lowest BCUT2D eigenvalue weighted by molar-refractivity contribution is -0.122. The summed E-state index contributed by atoms with van der Waals surface area (Å²) in [5.41, 5.74) is 3.60. The molecule has 1 aromatic heterocycles. The molecule has 1 aromatic carbocycles. The largest absolute Gasteiger partial charge is 0.483 e. The molecule has 0 saturated carbocycles. The number of aryl methyl sites for hydroxylation is 2. The van der Waals surface area contributed by atoms with Gasteiger partial charge in [0, 0.05) is 24.2 Å². The number of rotatable bonds is 5. The normalized spacial score (nSPS) is 9.78. The number of carboxylic acid groups (broad SMARTS) is 2. The van der Waals surface area contributed by atoms with Gasteiger partial charge in [0.15, 0.2) is 0 Å². The third kappa shape index (κ3) is 5.37. The SMILES string of the molecule is CCN(CC)C(=O)c1ccc(-c2cc(C)c(C(=O)O)c(C)n2)cc1.O=CO. The highest BCUT2D eigenvalue weighted by Gasteiger charge is 2.15. The molecule has 1 amide bonds. The lowest BCUT2D eigenvalue weighted by atomic mass is 10.0. The second kappa shape index (κ2) is 10.1. The fourth-order valence-electron chi connectivity index (χ4n) is 2.78. The van der Waals surface area contributed by atoms with Crippen molar-refractivity contribution in [1.82, 2.24) is 9.88 Å². The summed E-state index contributed by atoms with van der Waals surface area (Å²) in [5.74, 6) is -0.961. The number of benzene rings is 1. The van der Waals surface area contributed by atoms with E-state index in [1.807, 2.05) is 26.0 Å². The monoisotopic (exact) mass is 372 g/mol. The number of aromatic carboxylic acids is 1. The van der Waals surface area contributed by atoms with E-state index < -0.39 is 5.97 Å². The Balaban J connectivity index is 0.00000114. The molecule has 0 spiro atoms. The third-order valence-corrected chi connectivity index (χ3v) is 4.09. The second-order valence-electron chi connectivity index (χ2n) is 5.75. The molecule has 0 radical (unpaired) electrons. The van der Waals surface area contributed by atoms with Crippen LogP contribution in [0.3, 0.4) is 0 Å². The second-order valence-corrected chi connectivity index (χ2v) is 5.75. The van der Waals surface area contributed by atoms with Crippen molar-refractivity contribution in [3.8, 4) is 11.3 Å². The molecule has 0 bridgehead atoms. The lowest BCUT2D eigenvalue weighted by Crippen LogP contribution is -2.30. The molecule has 144 valence electrons. The minimum absolute atomic E-state index is 0.00750. The molecule has 0 saturated heterocycles. The summed E-state index contributed by atoms with van der Waals surface area (Å²) in [7, 11) is 0. The predicted octanol–water partition coefficient (Wildman–Crippen LogP) is 3.25. The van der Waals surface area contributed by atoms with Crippen LogP contribution in [0.4, 0.5) is 0 Å². The summed E-state index contributed by atoms with van der Waals surface area (Å²) in [6, 6.07) is 9.02. The van der Waals surface area contributed by atoms with Crippen molar-refractivity contribution >= 4 is 18.3 Å². The maximum atomic E-state index is 12.3. The molecule has 1 heterocycles. The molecule has 2 rings (SSSR count). The van der Waals surface area contributed by atoms with Crippen molar-refractivity contribution in [3.63, 3.8) is 0 Å². The first-order valence-electron chi connectivity index (χ1n) is 8.49. The zero-order valence-electron chi connectivity index (χ0n) is 15.9. The number of carbonyl (C=O) groups excluding carboxylic acids is 1. The summed E-state index contributed by atoms with van der Waals surface area (Å²) in [5, 5.41) is 16.1. The van der Waals surface area contributed by atoms with E-state index in [4.69, 9.17) is 9.90 Å². The van der Waals surface area contributed by atoms with Crippen molar-refractivity contribution in [2.75, 3.05) is 13.1 Å².